The summed E-state index contributed by atoms with van der Waals surface area (Å²) in [6.07, 6.45) is 1.92. The van der Waals surface area contributed by atoms with E-state index < -0.39 is 0 Å². The van der Waals surface area contributed by atoms with Crippen LogP contribution < -0.4 is 5.73 Å². The predicted molar refractivity (Wildman–Crippen MR) is 54.1 cm³/mol. The molecular weight excluding hydrogens is 160 g/mol. The maximum Gasteiger partial charge on any atom is 0.0457 e. The number of nitrogens with one attached hydrogen (secondary N) is 1. The molecule has 0 aliphatic heterocycles. The van der Waals surface area contributed by atoms with Crippen LogP contribution in [0.3, 0.4) is 0 Å². The van der Waals surface area contributed by atoms with Gasteiger partial charge in [-0.3, -0.25) is 0 Å². The molecule has 0 aliphatic carbocycles. The summed E-state index contributed by atoms with van der Waals surface area (Å²) in [5.41, 5.74) is 9.13. The lowest BCUT2D eigenvalue weighted by Crippen LogP contribution is -1.98. The molecule has 0 unspecified atom stereocenters. The molecule has 2 rings (SSSR count). The molecule has 0 radical (unpaired) electrons. The summed E-state index contributed by atoms with van der Waals surface area (Å²) in [4.78, 5) is 3.17. The Hall–Kier alpha value is -1.54. The maximum atomic E-state index is 5.64. The molecule has 2 aromatic rings. The van der Waals surface area contributed by atoms with Gasteiger partial charge >= 0.3 is 0 Å². The van der Waals surface area contributed by atoms with Crippen LogP contribution >= 0.6 is 0 Å². The highest BCUT2D eigenvalue weighted by Gasteiger charge is 2.01. The van der Waals surface area contributed by atoms with Crippen molar-refractivity contribution in [2.24, 2.45) is 5.73 Å². The highest BCUT2D eigenvalue weighted by molar-refractivity contribution is 5.63. The topological polar surface area (TPSA) is 41.8 Å². The molecule has 1 aromatic heterocycles. The molecular formula is C11H12N2. The van der Waals surface area contributed by atoms with E-state index in [9.17, 15) is 0 Å². The fourth-order valence-electron chi connectivity index (χ4n) is 1.46. The van der Waals surface area contributed by atoms with Gasteiger partial charge in [-0.2, -0.15) is 0 Å². The van der Waals surface area contributed by atoms with E-state index in [1.165, 1.54) is 11.1 Å². The first-order valence-electron chi connectivity index (χ1n) is 4.33. The third-order valence-electron chi connectivity index (χ3n) is 2.13. The molecule has 13 heavy (non-hydrogen) atoms. The average Bonchev–Trinajstić information content (AvgIpc) is 2.70. The first-order valence-corrected chi connectivity index (χ1v) is 4.33. The van der Waals surface area contributed by atoms with Gasteiger partial charge in [0, 0.05) is 24.0 Å². The summed E-state index contributed by atoms with van der Waals surface area (Å²) in [6, 6.07) is 12.2. The number of aromatic nitrogens is 1. The van der Waals surface area contributed by atoms with Gasteiger partial charge in [0.15, 0.2) is 0 Å². The average molecular weight is 172 g/mol. The van der Waals surface area contributed by atoms with Crippen LogP contribution in [0.1, 0.15) is 5.56 Å². The maximum absolute atomic E-state index is 5.64. The second-order valence-corrected chi connectivity index (χ2v) is 2.95. The van der Waals surface area contributed by atoms with Crippen LogP contribution in [0.4, 0.5) is 0 Å². The lowest BCUT2D eigenvalue weighted by molar-refractivity contribution is 1.07. The number of rotatable bonds is 2. The Kier molecular flexibility index (Phi) is 2.15. The Balaban J connectivity index is 2.51. The highest BCUT2D eigenvalue weighted by Crippen LogP contribution is 2.20. The number of H-pyrrole nitrogens is 1. The Morgan fingerprint density at radius 3 is 2.62 bits per heavy atom. The molecule has 0 bridgehead atoms. The van der Waals surface area contributed by atoms with E-state index in [0.717, 1.165) is 5.69 Å². The van der Waals surface area contributed by atoms with E-state index in [2.05, 4.69) is 23.2 Å². The number of hydrogen-bond donors (Lipinski definition) is 2. The summed E-state index contributed by atoms with van der Waals surface area (Å²) in [7, 11) is 0. The minimum absolute atomic E-state index is 0.579. The third kappa shape index (κ3) is 1.48. The van der Waals surface area contributed by atoms with E-state index in [1.807, 2.05) is 24.4 Å². The molecule has 1 aromatic carbocycles. The minimum atomic E-state index is 0.579. The zero-order valence-electron chi connectivity index (χ0n) is 7.33. The van der Waals surface area contributed by atoms with Gasteiger partial charge in [0.1, 0.15) is 0 Å². The quantitative estimate of drug-likeness (QED) is 0.716. The van der Waals surface area contributed by atoms with Crippen molar-refractivity contribution in [3.05, 3.63) is 48.2 Å². The summed E-state index contributed by atoms with van der Waals surface area (Å²) < 4.78 is 0. The van der Waals surface area contributed by atoms with Crippen LogP contribution in [0.25, 0.3) is 11.3 Å². The standard InChI is InChI=1S/C11H12N2/c12-8-9-4-1-2-5-10(9)11-6-3-7-13-11/h1-7,13H,8,12H2. The first kappa shape index (κ1) is 8.08. The smallest absolute Gasteiger partial charge is 0.0457 e. The van der Waals surface area contributed by atoms with Crippen molar-refractivity contribution in [2.45, 2.75) is 6.54 Å². The first-order chi connectivity index (χ1) is 6.42. The van der Waals surface area contributed by atoms with Gasteiger partial charge in [-0.25, -0.2) is 0 Å². The van der Waals surface area contributed by atoms with Gasteiger partial charge in [-0.05, 0) is 17.7 Å². The Bertz CT molecular complexity index is 377. The molecule has 2 heteroatoms. The van der Waals surface area contributed by atoms with Gasteiger partial charge < -0.3 is 10.7 Å². The lowest BCUT2D eigenvalue weighted by Gasteiger charge is -2.04. The largest absolute Gasteiger partial charge is 0.361 e. The van der Waals surface area contributed by atoms with E-state index >= 15 is 0 Å². The number of benzene rings is 1. The van der Waals surface area contributed by atoms with Crippen LogP contribution in [0, 0.1) is 0 Å². The number of hydrogen-bond acceptors (Lipinski definition) is 1. The van der Waals surface area contributed by atoms with E-state index in [1.54, 1.807) is 0 Å². The van der Waals surface area contributed by atoms with Crippen molar-refractivity contribution >= 4 is 0 Å². The zero-order chi connectivity index (χ0) is 9.10. The summed E-state index contributed by atoms with van der Waals surface area (Å²) in [5.74, 6) is 0. The second-order valence-electron chi connectivity index (χ2n) is 2.95. The van der Waals surface area contributed by atoms with Gasteiger partial charge in [0.05, 0.1) is 0 Å². The normalized spacial score (nSPS) is 10.2. The fraction of sp³-hybridized carbons (Fsp3) is 0.0909. The van der Waals surface area contributed by atoms with Crippen molar-refractivity contribution in [1.82, 2.24) is 4.98 Å². The zero-order valence-corrected chi connectivity index (χ0v) is 7.33. The van der Waals surface area contributed by atoms with Crippen molar-refractivity contribution in [1.29, 1.82) is 0 Å². The molecule has 0 amide bonds. The molecule has 66 valence electrons. The van der Waals surface area contributed by atoms with Crippen LogP contribution in [0.2, 0.25) is 0 Å². The van der Waals surface area contributed by atoms with E-state index in [0.29, 0.717) is 6.54 Å². The van der Waals surface area contributed by atoms with Crippen molar-refractivity contribution in [3.63, 3.8) is 0 Å². The summed E-state index contributed by atoms with van der Waals surface area (Å²) >= 11 is 0. The monoisotopic (exact) mass is 172 g/mol. The SMILES string of the molecule is NCc1ccccc1-c1ccc[nH]1. The highest BCUT2D eigenvalue weighted by atomic mass is 14.7. The van der Waals surface area contributed by atoms with Crippen LogP contribution in [0.5, 0.6) is 0 Å². The van der Waals surface area contributed by atoms with Crippen molar-refractivity contribution in [2.75, 3.05) is 0 Å². The molecule has 0 fully saturated rings. The Morgan fingerprint density at radius 1 is 1.08 bits per heavy atom. The minimum Gasteiger partial charge on any atom is -0.361 e. The summed E-state index contributed by atoms with van der Waals surface area (Å²) in [5, 5.41) is 0. The molecule has 0 saturated carbocycles. The lowest BCUT2D eigenvalue weighted by atomic mass is 10.1. The van der Waals surface area contributed by atoms with Crippen molar-refractivity contribution < 1.29 is 0 Å². The number of nitrogens with two attached hydrogens (primary N) is 1. The second kappa shape index (κ2) is 3.46. The molecule has 1 heterocycles. The number of aromatic amines is 1. The molecule has 0 atom stereocenters. The van der Waals surface area contributed by atoms with Crippen LogP contribution in [-0.4, -0.2) is 4.98 Å². The molecule has 3 N–H and O–H groups in total. The van der Waals surface area contributed by atoms with Gasteiger partial charge in [-0.1, -0.05) is 24.3 Å². The van der Waals surface area contributed by atoms with E-state index in [-0.39, 0.29) is 0 Å². The van der Waals surface area contributed by atoms with E-state index in [4.69, 9.17) is 5.73 Å². The Morgan fingerprint density at radius 2 is 1.92 bits per heavy atom. The van der Waals surface area contributed by atoms with Gasteiger partial charge in [0.25, 0.3) is 0 Å². The molecule has 2 nitrogen and oxygen atoms in total. The predicted octanol–water partition coefficient (Wildman–Crippen LogP) is 2.14. The van der Waals surface area contributed by atoms with Gasteiger partial charge in [-0.15, -0.1) is 0 Å². The Labute approximate surface area is 77.4 Å². The summed E-state index contributed by atoms with van der Waals surface area (Å²) in [6.45, 7) is 0.579. The molecule has 0 spiro atoms. The van der Waals surface area contributed by atoms with Gasteiger partial charge in [0.2, 0.25) is 0 Å². The third-order valence-corrected chi connectivity index (χ3v) is 2.13. The fourth-order valence-corrected chi connectivity index (χ4v) is 1.46. The van der Waals surface area contributed by atoms with Crippen LogP contribution in [0.15, 0.2) is 42.6 Å². The molecule has 0 saturated heterocycles. The van der Waals surface area contributed by atoms with Crippen LogP contribution in [-0.2, 0) is 6.54 Å². The van der Waals surface area contributed by atoms with Crippen molar-refractivity contribution in [3.8, 4) is 11.3 Å². The molecule has 0 aliphatic rings.